The molecule has 0 radical (unpaired) electrons. The van der Waals surface area contributed by atoms with Gasteiger partial charge in [0.05, 0.1) is 5.41 Å². The standard InChI is InChI=1S/C53H37N3O/c1-34-24-30-42-41-19-10-11-21-44(41)53(47(42)32-34)45-22-12-13-23-48(45)57-49-33-39(29-31-46(49)53)35-25-27-38(28-26-35)51-54-50(37-16-6-3-7-17-37)55-52(56-51)43-20-9-8-18-40(43)36-14-4-2-5-15-36/h2-31,33-34H,32H2,1H3. The first kappa shape index (κ1) is 33.2. The van der Waals surface area contributed by atoms with Gasteiger partial charge in [0.2, 0.25) is 0 Å². The highest BCUT2D eigenvalue weighted by molar-refractivity contribution is 5.93. The van der Waals surface area contributed by atoms with Crippen molar-refractivity contribution >= 4 is 5.57 Å². The Morgan fingerprint density at radius 2 is 1.00 bits per heavy atom. The van der Waals surface area contributed by atoms with Crippen LogP contribution < -0.4 is 4.74 Å². The zero-order valence-electron chi connectivity index (χ0n) is 31.4. The largest absolute Gasteiger partial charge is 0.457 e. The van der Waals surface area contributed by atoms with E-state index in [2.05, 4.69) is 153 Å². The lowest BCUT2D eigenvalue weighted by atomic mass is 9.63. The normalized spacial score (nSPS) is 17.4. The van der Waals surface area contributed by atoms with Crippen molar-refractivity contribution in [2.75, 3.05) is 0 Å². The Hall–Kier alpha value is -7.17. The second-order valence-corrected chi connectivity index (χ2v) is 15.2. The molecule has 0 amide bonds. The van der Waals surface area contributed by atoms with Gasteiger partial charge in [0.1, 0.15) is 11.5 Å². The van der Waals surface area contributed by atoms with Gasteiger partial charge in [-0.3, -0.25) is 0 Å². The minimum atomic E-state index is -0.413. The quantitative estimate of drug-likeness (QED) is 0.177. The van der Waals surface area contributed by atoms with Gasteiger partial charge in [0, 0.05) is 27.8 Å². The van der Waals surface area contributed by atoms with Crippen LogP contribution in [0.5, 0.6) is 11.5 Å². The molecular formula is C53H37N3O. The van der Waals surface area contributed by atoms with Crippen LogP contribution in [0.2, 0.25) is 0 Å². The summed E-state index contributed by atoms with van der Waals surface area (Å²) in [6.07, 6.45) is 5.71. The molecule has 3 aliphatic rings. The Labute approximate surface area is 332 Å². The van der Waals surface area contributed by atoms with E-state index in [1.807, 2.05) is 42.5 Å². The summed E-state index contributed by atoms with van der Waals surface area (Å²) in [4.78, 5) is 15.2. The zero-order chi connectivity index (χ0) is 37.9. The van der Waals surface area contributed by atoms with Gasteiger partial charge in [-0.1, -0.05) is 183 Å². The van der Waals surface area contributed by atoms with E-state index in [9.17, 15) is 0 Å². The van der Waals surface area contributed by atoms with Gasteiger partial charge >= 0.3 is 0 Å². The summed E-state index contributed by atoms with van der Waals surface area (Å²) in [5.41, 5.74) is 14.7. The van der Waals surface area contributed by atoms with Crippen molar-refractivity contribution in [3.63, 3.8) is 0 Å². The van der Waals surface area contributed by atoms with Crippen LogP contribution in [0.25, 0.3) is 62.0 Å². The maximum Gasteiger partial charge on any atom is 0.164 e. The van der Waals surface area contributed by atoms with Gasteiger partial charge in [0.15, 0.2) is 17.5 Å². The first-order valence-corrected chi connectivity index (χ1v) is 19.7. The number of benzene rings is 7. The Morgan fingerprint density at radius 1 is 0.456 bits per heavy atom. The number of para-hydroxylation sites is 1. The predicted octanol–water partition coefficient (Wildman–Crippen LogP) is 13.0. The second kappa shape index (κ2) is 13.2. The molecule has 4 nitrogen and oxygen atoms in total. The van der Waals surface area contributed by atoms with Crippen molar-refractivity contribution in [1.29, 1.82) is 0 Å². The molecule has 7 aromatic carbocycles. The van der Waals surface area contributed by atoms with Crippen LogP contribution in [0, 0.1) is 5.92 Å². The summed E-state index contributed by atoms with van der Waals surface area (Å²) in [6.45, 7) is 2.32. The van der Waals surface area contributed by atoms with Crippen molar-refractivity contribution in [3.8, 4) is 67.9 Å². The number of aromatic nitrogens is 3. The third-order valence-electron chi connectivity index (χ3n) is 11.8. The average Bonchev–Trinajstić information content (AvgIpc) is 3.56. The maximum absolute atomic E-state index is 6.83. The van der Waals surface area contributed by atoms with E-state index >= 15 is 0 Å². The Bertz CT molecular complexity index is 2910. The molecule has 2 atom stereocenters. The van der Waals surface area contributed by atoms with Gasteiger partial charge in [-0.05, 0) is 69.0 Å². The molecule has 2 aliphatic carbocycles. The minimum Gasteiger partial charge on any atom is -0.457 e. The Balaban J connectivity index is 1.01. The Morgan fingerprint density at radius 3 is 1.75 bits per heavy atom. The van der Waals surface area contributed by atoms with E-state index in [4.69, 9.17) is 19.7 Å². The van der Waals surface area contributed by atoms with E-state index in [0.29, 0.717) is 23.4 Å². The summed E-state index contributed by atoms with van der Waals surface area (Å²) < 4.78 is 6.83. The second-order valence-electron chi connectivity index (χ2n) is 15.2. The van der Waals surface area contributed by atoms with Gasteiger partial charge in [0.25, 0.3) is 0 Å². The fraction of sp³-hybridized carbons (Fsp3) is 0.0755. The molecule has 0 fully saturated rings. The van der Waals surface area contributed by atoms with Crippen LogP contribution in [-0.4, -0.2) is 15.0 Å². The number of allylic oxidation sites excluding steroid dienone is 4. The van der Waals surface area contributed by atoms with Crippen LogP contribution in [0.1, 0.15) is 35.6 Å². The molecule has 57 heavy (non-hydrogen) atoms. The van der Waals surface area contributed by atoms with Gasteiger partial charge in [-0.25, -0.2) is 15.0 Å². The predicted molar refractivity (Wildman–Crippen MR) is 230 cm³/mol. The average molecular weight is 732 g/mol. The number of nitrogens with zero attached hydrogens (tertiary/aromatic N) is 3. The Kier molecular flexibility index (Phi) is 7.71. The van der Waals surface area contributed by atoms with Gasteiger partial charge in [-0.15, -0.1) is 0 Å². The van der Waals surface area contributed by atoms with Crippen molar-refractivity contribution in [2.45, 2.75) is 18.8 Å². The number of hydrogen-bond donors (Lipinski definition) is 0. The van der Waals surface area contributed by atoms with Crippen LogP contribution in [-0.2, 0) is 5.41 Å². The third-order valence-corrected chi connectivity index (χ3v) is 11.8. The lowest BCUT2D eigenvalue weighted by Crippen LogP contribution is -2.34. The molecule has 1 aliphatic heterocycles. The van der Waals surface area contributed by atoms with E-state index in [0.717, 1.165) is 56.9 Å². The number of hydrogen-bond acceptors (Lipinski definition) is 4. The monoisotopic (exact) mass is 731 g/mol. The molecule has 2 unspecified atom stereocenters. The highest BCUT2D eigenvalue weighted by Crippen LogP contribution is 2.63. The molecule has 11 rings (SSSR count). The van der Waals surface area contributed by atoms with E-state index in [1.165, 1.54) is 33.4 Å². The molecule has 0 N–H and O–H groups in total. The van der Waals surface area contributed by atoms with Gasteiger partial charge < -0.3 is 4.74 Å². The fourth-order valence-electron chi connectivity index (χ4n) is 9.22. The van der Waals surface area contributed by atoms with Crippen LogP contribution in [0.3, 0.4) is 0 Å². The topological polar surface area (TPSA) is 47.9 Å². The zero-order valence-corrected chi connectivity index (χ0v) is 31.4. The minimum absolute atomic E-state index is 0.413. The molecule has 1 spiro atoms. The smallest absolute Gasteiger partial charge is 0.164 e. The molecule has 8 aromatic rings. The third kappa shape index (κ3) is 5.32. The van der Waals surface area contributed by atoms with E-state index < -0.39 is 5.41 Å². The molecule has 4 heteroatoms. The van der Waals surface area contributed by atoms with Crippen LogP contribution in [0.15, 0.2) is 194 Å². The molecule has 0 saturated carbocycles. The molecule has 0 bridgehead atoms. The number of fused-ring (bicyclic) bond motifs is 8. The van der Waals surface area contributed by atoms with Crippen molar-refractivity contribution in [1.82, 2.24) is 15.0 Å². The molecule has 270 valence electrons. The van der Waals surface area contributed by atoms with E-state index in [1.54, 1.807) is 0 Å². The van der Waals surface area contributed by atoms with Crippen molar-refractivity contribution < 1.29 is 4.74 Å². The van der Waals surface area contributed by atoms with Gasteiger partial charge in [-0.2, -0.15) is 0 Å². The summed E-state index contributed by atoms with van der Waals surface area (Å²) in [5, 5.41) is 0. The summed E-state index contributed by atoms with van der Waals surface area (Å²) in [7, 11) is 0. The van der Waals surface area contributed by atoms with Crippen molar-refractivity contribution in [2.24, 2.45) is 5.92 Å². The van der Waals surface area contributed by atoms with Crippen LogP contribution >= 0.6 is 0 Å². The number of rotatable bonds is 5. The maximum atomic E-state index is 6.83. The number of ether oxygens (including phenoxy) is 1. The first-order chi connectivity index (χ1) is 28.1. The molecule has 2 heterocycles. The molecular weight excluding hydrogens is 695 g/mol. The van der Waals surface area contributed by atoms with E-state index in [-0.39, 0.29) is 0 Å². The summed E-state index contributed by atoms with van der Waals surface area (Å²) in [5.74, 6) is 4.16. The fourth-order valence-corrected chi connectivity index (χ4v) is 9.22. The molecule has 1 aromatic heterocycles. The highest BCUT2D eigenvalue weighted by Gasteiger charge is 2.52. The lowest BCUT2D eigenvalue weighted by molar-refractivity contribution is 0.429. The summed E-state index contributed by atoms with van der Waals surface area (Å²) in [6, 6.07) is 61.7. The SMILES string of the molecule is CC1C=CC2=C(C1)C1(c3ccccc3Oc3cc(-c4ccc(-c5nc(-c6ccccc6)nc(-c6ccccc6-c6ccccc6)n5)cc4)ccc31)c1ccccc12. The highest BCUT2D eigenvalue weighted by atomic mass is 16.5. The lowest BCUT2D eigenvalue weighted by Gasteiger charge is -2.41. The van der Waals surface area contributed by atoms with Crippen LogP contribution in [0.4, 0.5) is 0 Å². The summed E-state index contributed by atoms with van der Waals surface area (Å²) >= 11 is 0. The molecule has 0 saturated heterocycles. The van der Waals surface area contributed by atoms with Crippen molar-refractivity contribution in [3.05, 3.63) is 216 Å². The first-order valence-electron chi connectivity index (χ1n) is 19.7.